The Labute approximate surface area is 126 Å². The summed E-state index contributed by atoms with van der Waals surface area (Å²) < 4.78 is 5.88. The minimum Gasteiger partial charge on any atom is -0.394 e. The van der Waals surface area contributed by atoms with Crippen molar-refractivity contribution in [2.45, 2.75) is 63.6 Å². The van der Waals surface area contributed by atoms with Crippen LogP contribution in [0.25, 0.3) is 0 Å². The van der Waals surface area contributed by atoms with E-state index in [2.05, 4.69) is 13.8 Å². The highest BCUT2D eigenvalue weighted by atomic mass is 16.5. The van der Waals surface area contributed by atoms with Gasteiger partial charge in [0.15, 0.2) is 0 Å². The Kier molecular flexibility index (Phi) is 3.79. The Balaban J connectivity index is 1.85. The summed E-state index contributed by atoms with van der Waals surface area (Å²) in [5.41, 5.74) is 5.49. The summed E-state index contributed by atoms with van der Waals surface area (Å²) >= 11 is 0. The van der Waals surface area contributed by atoms with E-state index in [0.717, 1.165) is 45.3 Å². The number of nitrogens with two attached hydrogens (primary N) is 1. The van der Waals surface area contributed by atoms with Crippen molar-refractivity contribution in [2.75, 3.05) is 19.8 Å². The Morgan fingerprint density at radius 3 is 2.81 bits per heavy atom. The number of ether oxygens (including phenoxy) is 1. The van der Waals surface area contributed by atoms with Crippen molar-refractivity contribution in [3.05, 3.63) is 0 Å². The molecule has 1 aliphatic carbocycles. The van der Waals surface area contributed by atoms with Crippen molar-refractivity contribution in [1.82, 2.24) is 4.90 Å². The smallest absolute Gasteiger partial charge is 0.244 e. The van der Waals surface area contributed by atoms with Crippen LogP contribution in [-0.2, 0) is 9.53 Å². The summed E-state index contributed by atoms with van der Waals surface area (Å²) in [5, 5.41) is 9.57. The summed E-state index contributed by atoms with van der Waals surface area (Å²) in [6.07, 6.45) is 5.00. The van der Waals surface area contributed by atoms with E-state index in [-0.39, 0.29) is 36.0 Å². The molecule has 0 bridgehead atoms. The van der Waals surface area contributed by atoms with Crippen LogP contribution in [0.15, 0.2) is 0 Å². The van der Waals surface area contributed by atoms with Crippen LogP contribution >= 0.6 is 0 Å². The Hall–Kier alpha value is -0.650. The second-order valence-corrected chi connectivity index (χ2v) is 7.46. The van der Waals surface area contributed by atoms with Crippen LogP contribution in [0, 0.1) is 11.3 Å². The molecule has 0 aromatic heterocycles. The summed E-state index contributed by atoms with van der Waals surface area (Å²) in [5.74, 6) is 0.146. The molecule has 0 radical (unpaired) electrons. The number of amides is 1. The fraction of sp³-hybridized carbons (Fsp3) is 0.938. The van der Waals surface area contributed by atoms with Crippen LogP contribution < -0.4 is 5.73 Å². The zero-order valence-electron chi connectivity index (χ0n) is 13.2. The van der Waals surface area contributed by atoms with Crippen LogP contribution in [0.2, 0.25) is 0 Å². The second-order valence-electron chi connectivity index (χ2n) is 7.46. The normalized spacial score (nSPS) is 42.1. The molecule has 1 amide bonds. The molecule has 2 saturated heterocycles. The molecule has 5 heteroatoms. The van der Waals surface area contributed by atoms with Gasteiger partial charge >= 0.3 is 0 Å². The van der Waals surface area contributed by atoms with E-state index >= 15 is 0 Å². The maximum Gasteiger partial charge on any atom is 0.244 e. The molecule has 0 aromatic carbocycles. The van der Waals surface area contributed by atoms with Gasteiger partial charge in [-0.25, -0.2) is 0 Å². The summed E-state index contributed by atoms with van der Waals surface area (Å²) in [4.78, 5) is 15.0. The predicted molar refractivity (Wildman–Crippen MR) is 79.6 cm³/mol. The van der Waals surface area contributed by atoms with Gasteiger partial charge in [-0.15, -0.1) is 0 Å². The van der Waals surface area contributed by atoms with Gasteiger partial charge in [-0.2, -0.15) is 0 Å². The largest absolute Gasteiger partial charge is 0.394 e. The Bertz CT molecular complexity index is 426. The van der Waals surface area contributed by atoms with E-state index in [1.165, 1.54) is 0 Å². The third kappa shape index (κ3) is 1.97. The number of nitrogens with zero attached hydrogens (tertiary/aromatic N) is 1. The molecule has 4 unspecified atom stereocenters. The lowest BCUT2D eigenvalue weighted by Crippen LogP contribution is -2.83. The molecule has 3 rings (SSSR count). The third-order valence-corrected chi connectivity index (χ3v) is 6.14. The zero-order chi connectivity index (χ0) is 15.3. The number of carbonyl (C=O) groups excluding carboxylic acids is 1. The van der Waals surface area contributed by atoms with Crippen molar-refractivity contribution in [3.63, 3.8) is 0 Å². The highest BCUT2D eigenvalue weighted by Gasteiger charge is 2.71. The molecule has 3 N–H and O–H groups in total. The first-order valence-electron chi connectivity index (χ1n) is 8.27. The predicted octanol–water partition coefficient (Wildman–Crippen LogP) is 0.892. The molecule has 3 aliphatic rings. The fourth-order valence-corrected chi connectivity index (χ4v) is 4.71. The average Bonchev–Trinajstić information content (AvgIpc) is 2.53. The Morgan fingerprint density at radius 2 is 2.10 bits per heavy atom. The number of fused-ring (bicyclic) bond motifs is 1. The van der Waals surface area contributed by atoms with Crippen LogP contribution in [0.3, 0.4) is 0 Å². The third-order valence-electron chi connectivity index (χ3n) is 6.14. The van der Waals surface area contributed by atoms with E-state index in [1.54, 1.807) is 0 Å². The molecule has 5 nitrogen and oxygen atoms in total. The van der Waals surface area contributed by atoms with Gasteiger partial charge in [0.1, 0.15) is 5.54 Å². The number of likely N-dealkylation sites (tertiary alicyclic amines) is 1. The molecule has 1 saturated carbocycles. The maximum atomic E-state index is 13.2. The highest BCUT2D eigenvalue weighted by Crippen LogP contribution is 2.58. The van der Waals surface area contributed by atoms with E-state index in [4.69, 9.17) is 10.5 Å². The topological polar surface area (TPSA) is 75.8 Å². The first-order chi connectivity index (χ1) is 9.94. The van der Waals surface area contributed by atoms with Gasteiger partial charge in [-0.1, -0.05) is 13.8 Å². The quantitative estimate of drug-likeness (QED) is 0.793. The van der Waals surface area contributed by atoms with Crippen molar-refractivity contribution in [2.24, 2.45) is 17.1 Å². The minimum absolute atomic E-state index is 0.0259. The second kappa shape index (κ2) is 5.21. The van der Waals surface area contributed by atoms with Crippen molar-refractivity contribution in [1.29, 1.82) is 0 Å². The first-order valence-corrected chi connectivity index (χ1v) is 8.27. The number of hydrogen-bond acceptors (Lipinski definition) is 4. The molecular weight excluding hydrogens is 268 g/mol. The van der Waals surface area contributed by atoms with Crippen LogP contribution in [0.4, 0.5) is 0 Å². The van der Waals surface area contributed by atoms with Gasteiger partial charge in [-0.3, -0.25) is 4.79 Å². The molecule has 3 fully saturated rings. The SMILES string of the molecule is CC1(C)C2OCCCC2C1(N)C(=O)N1CCCCC1CO. The number of piperidine rings is 1. The molecule has 0 spiro atoms. The van der Waals surface area contributed by atoms with E-state index in [9.17, 15) is 9.90 Å². The number of aliphatic hydroxyl groups is 1. The van der Waals surface area contributed by atoms with E-state index < -0.39 is 5.54 Å². The first kappa shape index (κ1) is 15.3. The molecule has 2 aliphatic heterocycles. The van der Waals surface area contributed by atoms with E-state index in [0.29, 0.717) is 0 Å². The molecule has 0 aromatic rings. The molecule has 120 valence electrons. The number of carbonyl (C=O) groups is 1. The van der Waals surface area contributed by atoms with Gasteiger partial charge in [-0.05, 0) is 32.1 Å². The lowest BCUT2D eigenvalue weighted by atomic mass is 9.46. The number of rotatable bonds is 2. The average molecular weight is 296 g/mol. The molecule has 21 heavy (non-hydrogen) atoms. The van der Waals surface area contributed by atoms with Gasteiger partial charge in [0, 0.05) is 24.5 Å². The van der Waals surface area contributed by atoms with Gasteiger partial charge < -0.3 is 20.5 Å². The highest BCUT2D eigenvalue weighted by molar-refractivity contribution is 5.90. The standard InChI is InChI=1S/C16H28N2O3/c1-15(2)13-12(7-5-9-21-13)16(15,17)14(20)18-8-4-3-6-11(18)10-19/h11-13,19H,3-10,17H2,1-2H3. The van der Waals surface area contributed by atoms with Crippen molar-refractivity contribution >= 4 is 5.91 Å². The summed E-state index contributed by atoms with van der Waals surface area (Å²) in [7, 11) is 0. The van der Waals surface area contributed by atoms with E-state index in [1.807, 2.05) is 4.90 Å². The van der Waals surface area contributed by atoms with Gasteiger partial charge in [0.2, 0.25) is 5.91 Å². The van der Waals surface area contributed by atoms with Crippen LogP contribution in [0.1, 0.15) is 46.0 Å². The summed E-state index contributed by atoms with van der Waals surface area (Å²) in [6, 6.07) is -0.0639. The van der Waals surface area contributed by atoms with Gasteiger partial charge in [0.25, 0.3) is 0 Å². The maximum absolute atomic E-state index is 13.2. The van der Waals surface area contributed by atoms with Crippen LogP contribution in [-0.4, -0.2) is 53.4 Å². The fourth-order valence-electron chi connectivity index (χ4n) is 4.71. The molecule has 2 heterocycles. The monoisotopic (exact) mass is 296 g/mol. The number of hydrogen-bond donors (Lipinski definition) is 2. The molecule has 4 atom stereocenters. The van der Waals surface area contributed by atoms with Crippen LogP contribution in [0.5, 0.6) is 0 Å². The Morgan fingerprint density at radius 1 is 1.33 bits per heavy atom. The van der Waals surface area contributed by atoms with Gasteiger partial charge in [0.05, 0.1) is 18.8 Å². The number of aliphatic hydroxyl groups excluding tert-OH is 1. The zero-order valence-corrected chi connectivity index (χ0v) is 13.2. The molecular formula is C16H28N2O3. The lowest BCUT2D eigenvalue weighted by Gasteiger charge is -2.66. The minimum atomic E-state index is -0.844. The van der Waals surface area contributed by atoms with Crippen molar-refractivity contribution < 1.29 is 14.6 Å². The summed E-state index contributed by atoms with van der Waals surface area (Å²) in [6.45, 7) is 5.63. The lowest BCUT2D eigenvalue weighted by molar-refractivity contribution is -0.231. The van der Waals surface area contributed by atoms with Crippen molar-refractivity contribution in [3.8, 4) is 0 Å².